The average molecular weight is 336 g/mol. The molecular formula is C16H22BrN3. The highest BCUT2D eigenvalue weighted by molar-refractivity contribution is 9.10. The molecule has 3 rings (SSSR count). The Labute approximate surface area is 128 Å². The lowest BCUT2D eigenvalue weighted by molar-refractivity contribution is 0.288. The molecule has 0 amide bonds. The monoisotopic (exact) mass is 335 g/mol. The SMILES string of the molecule is CCCn1c(C2NCCCC2C)nc2cc(Br)ccc21. The van der Waals surface area contributed by atoms with Gasteiger partial charge < -0.3 is 9.88 Å². The number of hydrogen-bond acceptors (Lipinski definition) is 2. The summed E-state index contributed by atoms with van der Waals surface area (Å²) in [6, 6.07) is 6.80. The highest BCUT2D eigenvalue weighted by Crippen LogP contribution is 2.31. The molecule has 3 nitrogen and oxygen atoms in total. The predicted molar refractivity (Wildman–Crippen MR) is 86.9 cm³/mol. The summed E-state index contributed by atoms with van der Waals surface area (Å²) in [5.74, 6) is 1.87. The van der Waals surface area contributed by atoms with E-state index in [9.17, 15) is 0 Å². The molecule has 1 aliphatic rings. The molecule has 1 N–H and O–H groups in total. The zero-order valence-corrected chi connectivity index (χ0v) is 13.8. The number of benzene rings is 1. The fourth-order valence-electron chi connectivity index (χ4n) is 3.21. The number of hydrogen-bond donors (Lipinski definition) is 1. The van der Waals surface area contributed by atoms with Gasteiger partial charge in [0.25, 0.3) is 0 Å². The van der Waals surface area contributed by atoms with Gasteiger partial charge in [-0.3, -0.25) is 0 Å². The number of aromatic nitrogens is 2. The third-order valence-electron chi connectivity index (χ3n) is 4.23. The van der Waals surface area contributed by atoms with Gasteiger partial charge in [-0.15, -0.1) is 0 Å². The molecular weight excluding hydrogens is 314 g/mol. The maximum absolute atomic E-state index is 4.94. The zero-order valence-electron chi connectivity index (χ0n) is 12.2. The minimum atomic E-state index is 0.390. The van der Waals surface area contributed by atoms with E-state index in [1.54, 1.807) is 0 Å². The number of aryl methyl sites for hydroxylation is 1. The number of rotatable bonds is 3. The maximum atomic E-state index is 4.94. The summed E-state index contributed by atoms with van der Waals surface area (Å²) in [6.45, 7) is 6.71. The molecule has 1 aromatic heterocycles. The van der Waals surface area contributed by atoms with Gasteiger partial charge in [-0.2, -0.15) is 0 Å². The van der Waals surface area contributed by atoms with Crippen LogP contribution >= 0.6 is 15.9 Å². The fraction of sp³-hybridized carbons (Fsp3) is 0.562. The lowest BCUT2D eigenvalue weighted by Crippen LogP contribution is -2.34. The van der Waals surface area contributed by atoms with E-state index < -0.39 is 0 Å². The number of fused-ring (bicyclic) bond motifs is 1. The summed E-state index contributed by atoms with van der Waals surface area (Å²) in [5, 5.41) is 3.66. The molecule has 0 spiro atoms. The van der Waals surface area contributed by atoms with Crippen LogP contribution in [0.1, 0.15) is 45.0 Å². The van der Waals surface area contributed by atoms with E-state index in [2.05, 4.69) is 57.9 Å². The van der Waals surface area contributed by atoms with Crippen LogP contribution in [0.5, 0.6) is 0 Å². The van der Waals surface area contributed by atoms with Crippen LogP contribution in [0.15, 0.2) is 22.7 Å². The van der Waals surface area contributed by atoms with Crippen LogP contribution in [0.3, 0.4) is 0 Å². The zero-order chi connectivity index (χ0) is 14.1. The van der Waals surface area contributed by atoms with E-state index in [4.69, 9.17) is 4.98 Å². The predicted octanol–water partition coefficient (Wildman–Crippen LogP) is 4.27. The van der Waals surface area contributed by atoms with Gasteiger partial charge in [-0.05, 0) is 49.9 Å². The second kappa shape index (κ2) is 5.86. The Morgan fingerprint density at radius 2 is 2.30 bits per heavy atom. The van der Waals surface area contributed by atoms with Crippen LogP contribution in [0.4, 0.5) is 0 Å². The van der Waals surface area contributed by atoms with Crippen LogP contribution in [-0.2, 0) is 6.54 Å². The van der Waals surface area contributed by atoms with Crippen LogP contribution in [0.2, 0.25) is 0 Å². The second-order valence-corrected chi connectivity index (χ2v) is 6.72. The number of halogens is 1. The summed E-state index contributed by atoms with van der Waals surface area (Å²) >= 11 is 3.55. The van der Waals surface area contributed by atoms with Crippen molar-refractivity contribution in [2.75, 3.05) is 6.54 Å². The van der Waals surface area contributed by atoms with Crippen molar-refractivity contribution in [1.29, 1.82) is 0 Å². The van der Waals surface area contributed by atoms with Crippen LogP contribution < -0.4 is 5.32 Å². The van der Waals surface area contributed by atoms with Crippen molar-refractivity contribution in [2.24, 2.45) is 5.92 Å². The molecule has 1 fully saturated rings. The van der Waals surface area contributed by atoms with E-state index in [1.165, 1.54) is 24.2 Å². The van der Waals surface area contributed by atoms with E-state index in [1.807, 2.05) is 0 Å². The Morgan fingerprint density at radius 3 is 3.05 bits per heavy atom. The Bertz CT molecular complexity index is 605. The highest BCUT2D eigenvalue weighted by Gasteiger charge is 2.27. The molecule has 0 bridgehead atoms. The van der Waals surface area contributed by atoms with Crippen molar-refractivity contribution in [3.05, 3.63) is 28.5 Å². The molecule has 1 saturated heterocycles. The van der Waals surface area contributed by atoms with Crippen molar-refractivity contribution in [1.82, 2.24) is 14.9 Å². The quantitative estimate of drug-likeness (QED) is 0.907. The van der Waals surface area contributed by atoms with Crippen molar-refractivity contribution >= 4 is 27.0 Å². The molecule has 2 heterocycles. The Balaban J connectivity index is 2.10. The van der Waals surface area contributed by atoms with Gasteiger partial charge in [0, 0.05) is 11.0 Å². The molecule has 1 aromatic carbocycles. The second-order valence-electron chi connectivity index (χ2n) is 5.81. The largest absolute Gasteiger partial charge is 0.327 e. The normalized spacial score (nSPS) is 23.4. The van der Waals surface area contributed by atoms with Crippen LogP contribution in [-0.4, -0.2) is 16.1 Å². The summed E-state index contributed by atoms with van der Waals surface area (Å²) in [4.78, 5) is 4.94. The minimum absolute atomic E-state index is 0.390. The maximum Gasteiger partial charge on any atom is 0.127 e. The van der Waals surface area contributed by atoms with E-state index in [-0.39, 0.29) is 0 Å². The Kier molecular flexibility index (Phi) is 4.13. The molecule has 20 heavy (non-hydrogen) atoms. The molecule has 2 aromatic rings. The van der Waals surface area contributed by atoms with Gasteiger partial charge >= 0.3 is 0 Å². The van der Waals surface area contributed by atoms with Crippen molar-refractivity contribution in [3.63, 3.8) is 0 Å². The van der Waals surface area contributed by atoms with Gasteiger partial charge in [0.2, 0.25) is 0 Å². The number of imidazole rings is 1. The highest BCUT2D eigenvalue weighted by atomic mass is 79.9. The first-order chi connectivity index (χ1) is 9.70. The van der Waals surface area contributed by atoms with E-state index in [0.29, 0.717) is 12.0 Å². The third kappa shape index (κ3) is 2.51. The summed E-state index contributed by atoms with van der Waals surface area (Å²) in [7, 11) is 0. The molecule has 1 aliphatic heterocycles. The van der Waals surface area contributed by atoms with Gasteiger partial charge in [0.15, 0.2) is 0 Å². The van der Waals surface area contributed by atoms with Crippen molar-refractivity contribution < 1.29 is 0 Å². The Hall–Kier alpha value is -0.870. The first kappa shape index (κ1) is 14.1. The number of piperidine rings is 1. The average Bonchev–Trinajstić information content (AvgIpc) is 2.77. The van der Waals surface area contributed by atoms with Gasteiger partial charge in [0.05, 0.1) is 17.1 Å². The summed E-state index contributed by atoms with van der Waals surface area (Å²) in [6.07, 6.45) is 3.70. The summed E-state index contributed by atoms with van der Waals surface area (Å²) in [5.41, 5.74) is 2.35. The Morgan fingerprint density at radius 1 is 1.45 bits per heavy atom. The van der Waals surface area contributed by atoms with Gasteiger partial charge in [-0.25, -0.2) is 4.98 Å². The smallest absolute Gasteiger partial charge is 0.127 e. The molecule has 0 saturated carbocycles. The standard InChI is InChI=1S/C16H22BrN3/c1-3-9-20-14-7-6-12(17)10-13(14)19-16(20)15-11(2)5-4-8-18-15/h6-7,10-11,15,18H,3-5,8-9H2,1-2H3. The van der Waals surface area contributed by atoms with E-state index >= 15 is 0 Å². The van der Waals surface area contributed by atoms with E-state index in [0.717, 1.165) is 29.5 Å². The van der Waals surface area contributed by atoms with Crippen molar-refractivity contribution in [3.8, 4) is 0 Å². The minimum Gasteiger partial charge on any atom is -0.327 e. The van der Waals surface area contributed by atoms with Gasteiger partial charge in [-0.1, -0.05) is 29.8 Å². The summed E-state index contributed by atoms with van der Waals surface area (Å²) < 4.78 is 3.50. The topological polar surface area (TPSA) is 29.9 Å². The number of nitrogens with one attached hydrogen (secondary N) is 1. The van der Waals surface area contributed by atoms with Crippen LogP contribution in [0, 0.1) is 5.92 Å². The van der Waals surface area contributed by atoms with Crippen LogP contribution in [0.25, 0.3) is 11.0 Å². The van der Waals surface area contributed by atoms with Gasteiger partial charge in [0.1, 0.15) is 5.82 Å². The molecule has 108 valence electrons. The van der Waals surface area contributed by atoms with Crippen molar-refractivity contribution in [2.45, 2.75) is 45.7 Å². The lowest BCUT2D eigenvalue weighted by atomic mass is 9.92. The molecule has 0 radical (unpaired) electrons. The molecule has 4 heteroatoms. The third-order valence-corrected chi connectivity index (χ3v) is 4.73. The first-order valence-corrected chi connectivity index (χ1v) is 8.39. The molecule has 2 unspecified atom stereocenters. The number of nitrogens with zero attached hydrogens (tertiary/aromatic N) is 2. The first-order valence-electron chi connectivity index (χ1n) is 7.59. The molecule has 0 aliphatic carbocycles. The fourth-order valence-corrected chi connectivity index (χ4v) is 3.56. The lowest BCUT2D eigenvalue weighted by Gasteiger charge is -2.30. The molecule has 2 atom stereocenters.